The van der Waals surface area contributed by atoms with Crippen LogP contribution >= 0.6 is 11.6 Å². The van der Waals surface area contributed by atoms with Gasteiger partial charge in [0.2, 0.25) is 5.91 Å². The molecule has 0 atom stereocenters. The molecule has 2 aromatic rings. The third-order valence-electron chi connectivity index (χ3n) is 3.76. The third-order valence-corrected chi connectivity index (χ3v) is 4.17. The zero-order chi connectivity index (χ0) is 20.7. The van der Waals surface area contributed by atoms with E-state index in [9.17, 15) is 14.4 Å². The number of anilines is 2. The number of amides is 3. The largest absolute Gasteiger partial charge is 0.327 e. The average Bonchev–Trinajstić information content (AvgIpc) is 2.65. The van der Waals surface area contributed by atoms with E-state index in [-0.39, 0.29) is 5.91 Å². The lowest BCUT2D eigenvalue weighted by molar-refractivity contribution is -0.136. The van der Waals surface area contributed by atoms with E-state index in [4.69, 9.17) is 11.6 Å². The van der Waals surface area contributed by atoms with Crippen LogP contribution in [0.25, 0.3) is 0 Å². The summed E-state index contributed by atoms with van der Waals surface area (Å²) >= 11 is 5.98. The highest BCUT2D eigenvalue weighted by molar-refractivity contribution is 6.40. The molecule has 2 rings (SSSR count). The first-order chi connectivity index (χ1) is 13.3. The Morgan fingerprint density at radius 3 is 2.25 bits per heavy atom. The number of hydrazine groups is 1. The van der Waals surface area contributed by atoms with Crippen LogP contribution in [0.5, 0.6) is 0 Å². The van der Waals surface area contributed by atoms with Crippen LogP contribution in [0.3, 0.4) is 0 Å². The minimum Gasteiger partial charge on any atom is -0.322 e. The highest BCUT2D eigenvalue weighted by atomic mass is 35.5. The molecular formula is C20H21ClN4O3. The number of nitrogens with one attached hydrogen (secondary N) is 4. The van der Waals surface area contributed by atoms with Gasteiger partial charge in [0.1, 0.15) is 0 Å². The van der Waals surface area contributed by atoms with Crippen LogP contribution in [0.4, 0.5) is 11.4 Å². The summed E-state index contributed by atoms with van der Waals surface area (Å²) in [6, 6.07) is 12.3. The van der Waals surface area contributed by atoms with Crippen LogP contribution in [0.2, 0.25) is 5.02 Å². The Labute approximate surface area is 168 Å². The SMILES string of the molecule is CC(=CC(=O)Nc1ccc(C)cc1)NNC(=O)C(=O)Nc1cccc(Cl)c1C. The molecule has 0 aromatic heterocycles. The molecule has 0 saturated heterocycles. The van der Waals surface area contributed by atoms with E-state index in [1.165, 1.54) is 6.08 Å². The minimum absolute atomic E-state index is 0.352. The quantitative estimate of drug-likeness (QED) is 0.352. The van der Waals surface area contributed by atoms with E-state index in [0.29, 0.717) is 27.7 Å². The third kappa shape index (κ3) is 6.14. The molecule has 0 aliphatic heterocycles. The smallest absolute Gasteiger partial charge is 0.322 e. The van der Waals surface area contributed by atoms with E-state index in [1.807, 2.05) is 19.1 Å². The summed E-state index contributed by atoms with van der Waals surface area (Å²) in [6.07, 6.45) is 1.26. The van der Waals surface area contributed by atoms with Crippen molar-refractivity contribution in [2.24, 2.45) is 0 Å². The summed E-state index contributed by atoms with van der Waals surface area (Å²) in [4.78, 5) is 35.8. The average molecular weight is 401 g/mol. The molecule has 0 radical (unpaired) electrons. The molecule has 8 heteroatoms. The Morgan fingerprint density at radius 2 is 1.57 bits per heavy atom. The maximum absolute atomic E-state index is 12.0. The van der Waals surface area contributed by atoms with Crippen LogP contribution in [0, 0.1) is 13.8 Å². The van der Waals surface area contributed by atoms with Crippen LogP contribution in [0.15, 0.2) is 54.2 Å². The van der Waals surface area contributed by atoms with Gasteiger partial charge in [0.15, 0.2) is 0 Å². The summed E-state index contributed by atoms with van der Waals surface area (Å²) < 4.78 is 0. The number of rotatable bonds is 5. The maximum Gasteiger partial charge on any atom is 0.327 e. The summed E-state index contributed by atoms with van der Waals surface area (Å²) in [7, 11) is 0. The Morgan fingerprint density at radius 1 is 0.893 bits per heavy atom. The lowest BCUT2D eigenvalue weighted by Crippen LogP contribution is -2.43. The summed E-state index contributed by atoms with van der Waals surface area (Å²) in [5, 5.41) is 5.65. The molecule has 3 amide bonds. The molecule has 0 aliphatic rings. The Kier molecular flexibility index (Phi) is 7.17. The van der Waals surface area contributed by atoms with Gasteiger partial charge < -0.3 is 16.1 Å². The van der Waals surface area contributed by atoms with Gasteiger partial charge in [-0.25, -0.2) is 0 Å². The molecule has 0 bridgehead atoms. The van der Waals surface area contributed by atoms with E-state index in [2.05, 4.69) is 21.5 Å². The molecule has 4 N–H and O–H groups in total. The molecular weight excluding hydrogens is 380 g/mol. The number of hydrogen-bond donors (Lipinski definition) is 4. The van der Waals surface area contributed by atoms with Crippen LogP contribution in [-0.4, -0.2) is 17.7 Å². The molecule has 0 aliphatic carbocycles. The molecule has 0 heterocycles. The Hall–Kier alpha value is -3.32. The summed E-state index contributed by atoms with van der Waals surface area (Å²) in [5.74, 6) is -2.15. The van der Waals surface area contributed by atoms with Crippen molar-refractivity contribution in [1.29, 1.82) is 0 Å². The van der Waals surface area contributed by atoms with Gasteiger partial charge in [-0.2, -0.15) is 0 Å². The van der Waals surface area contributed by atoms with Gasteiger partial charge in [-0.05, 0) is 50.6 Å². The first-order valence-corrected chi connectivity index (χ1v) is 8.82. The van der Waals surface area contributed by atoms with Crippen molar-refractivity contribution in [3.63, 3.8) is 0 Å². The van der Waals surface area contributed by atoms with Crippen molar-refractivity contribution in [2.45, 2.75) is 20.8 Å². The van der Waals surface area contributed by atoms with E-state index < -0.39 is 11.8 Å². The highest BCUT2D eigenvalue weighted by Crippen LogP contribution is 2.22. The molecule has 7 nitrogen and oxygen atoms in total. The second-order valence-corrected chi connectivity index (χ2v) is 6.54. The number of hydrogen-bond acceptors (Lipinski definition) is 4. The standard InChI is InChI=1S/C20H21ClN4O3/c1-12-7-9-15(10-8-12)22-18(26)11-13(2)24-25-20(28)19(27)23-17-6-4-5-16(21)14(17)3/h4-11,24H,1-3H3,(H,22,26)(H,23,27)(H,25,28). The van der Waals surface area contributed by atoms with Crippen LogP contribution in [0.1, 0.15) is 18.1 Å². The van der Waals surface area contributed by atoms with Crippen LogP contribution < -0.4 is 21.5 Å². The van der Waals surface area contributed by atoms with Crippen molar-refractivity contribution in [1.82, 2.24) is 10.9 Å². The zero-order valence-corrected chi connectivity index (χ0v) is 16.5. The Bertz CT molecular complexity index is 924. The number of allylic oxidation sites excluding steroid dienone is 1. The van der Waals surface area contributed by atoms with Crippen molar-refractivity contribution < 1.29 is 14.4 Å². The van der Waals surface area contributed by atoms with Gasteiger partial charge in [-0.15, -0.1) is 0 Å². The second kappa shape index (κ2) is 9.57. The fourth-order valence-electron chi connectivity index (χ4n) is 2.18. The van der Waals surface area contributed by atoms with Crippen molar-refractivity contribution in [3.05, 3.63) is 70.4 Å². The first-order valence-electron chi connectivity index (χ1n) is 8.44. The van der Waals surface area contributed by atoms with Gasteiger partial charge >= 0.3 is 11.8 Å². The predicted molar refractivity (Wildman–Crippen MR) is 110 cm³/mol. The van der Waals surface area contributed by atoms with Gasteiger partial charge in [-0.3, -0.25) is 19.8 Å². The van der Waals surface area contributed by atoms with Gasteiger partial charge in [0.05, 0.1) is 0 Å². The van der Waals surface area contributed by atoms with Crippen molar-refractivity contribution in [3.8, 4) is 0 Å². The topological polar surface area (TPSA) is 99.3 Å². The molecule has 0 fully saturated rings. The highest BCUT2D eigenvalue weighted by Gasteiger charge is 2.15. The number of aryl methyl sites for hydroxylation is 1. The van der Waals surface area contributed by atoms with E-state index in [0.717, 1.165) is 5.56 Å². The minimum atomic E-state index is -0.911. The Balaban J connectivity index is 1.85. The second-order valence-electron chi connectivity index (χ2n) is 6.13. The van der Waals surface area contributed by atoms with E-state index in [1.54, 1.807) is 44.2 Å². The fourth-order valence-corrected chi connectivity index (χ4v) is 2.36. The molecule has 28 heavy (non-hydrogen) atoms. The predicted octanol–water partition coefficient (Wildman–Crippen LogP) is 3.06. The molecule has 146 valence electrons. The van der Waals surface area contributed by atoms with Gasteiger partial charge in [0, 0.05) is 28.2 Å². The molecule has 2 aromatic carbocycles. The monoisotopic (exact) mass is 400 g/mol. The maximum atomic E-state index is 12.0. The number of benzene rings is 2. The zero-order valence-electron chi connectivity index (χ0n) is 15.7. The molecule has 0 unspecified atom stereocenters. The van der Waals surface area contributed by atoms with Crippen molar-refractivity contribution >= 4 is 40.7 Å². The number of halogens is 1. The number of carbonyl (C=O) groups is 3. The first kappa shape index (κ1) is 21.0. The van der Waals surface area contributed by atoms with Gasteiger partial charge in [0.25, 0.3) is 0 Å². The summed E-state index contributed by atoms with van der Waals surface area (Å²) in [6.45, 7) is 5.26. The van der Waals surface area contributed by atoms with Crippen LogP contribution in [-0.2, 0) is 14.4 Å². The fraction of sp³-hybridized carbons (Fsp3) is 0.150. The molecule has 0 saturated carbocycles. The number of carbonyl (C=O) groups excluding carboxylic acids is 3. The van der Waals surface area contributed by atoms with Gasteiger partial charge in [-0.1, -0.05) is 35.4 Å². The van der Waals surface area contributed by atoms with Crippen molar-refractivity contribution in [2.75, 3.05) is 10.6 Å². The summed E-state index contributed by atoms with van der Waals surface area (Å²) in [5.41, 5.74) is 7.93. The van der Waals surface area contributed by atoms with E-state index >= 15 is 0 Å². The lowest BCUT2D eigenvalue weighted by atomic mass is 10.2. The lowest BCUT2D eigenvalue weighted by Gasteiger charge is -2.11. The molecule has 0 spiro atoms. The normalized spacial score (nSPS) is 10.8.